The summed E-state index contributed by atoms with van der Waals surface area (Å²) in [6.45, 7) is 3.04. The fourth-order valence-corrected chi connectivity index (χ4v) is 4.59. The first-order valence-corrected chi connectivity index (χ1v) is 11.2. The van der Waals surface area contributed by atoms with Crippen molar-refractivity contribution in [2.75, 3.05) is 36.8 Å². The molecule has 1 saturated carbocycles. The Hall–Kier alpha value is -2.94. The number of carbonyl (C=O) groups excluding carboxylic acids is 1. The van der Waals surface area contributed by atoms with Crippen molar-refractivity contribution in [1.29, 1.82) is 0 Å². The number of pyridine rings is 2. The van der Waals surface area contributed by atoms with Crippen LogP contribution in [0.3, 0.4) is 0 Å². The molecular weight excluding hydrogens is 398 g/mol. The Labute approximate surface area is 179 Å². The highest BCUT2D eigenvalue weighted by Crippen LogP contribution is 2.41. The van der Waals surface area contributed by atoms with E-state index in [-0.39, 0.29) is 5.91 Å². The molecule has 1 amide bonds. The molecule has 2 fully saturated rings. The van der Waals surface area contributed by atoms with Crippen LogP contribution >= 0.6 is 11.8 Å². The van der Waals surface area contributed by atoms with E-state index in [9.17, 15) is 4.79 Å². The first kappa shape index (κ1) is 19.0. The van der Waals surface area contributed by atoms with E-state index in [1.54, 1.807) is 18.6 Å². The van der Waals surface area contributed by atoms with E-state index in [1.165, 1.54) is 11.8 Å². The number of amides is 1. The van der Waals surface area contributed by atoms with Crippen molar-refractivity contribution < 1.29 is 4.79 Å². The summed E-state index contributed by atoms with van der Waals surface area (Å²) in [5.41, 5.74) is 1.01. The predicted molar refractivity (Wildman–Crippen MR) is 115 cm³/mol. The highest BCUT2D eigenvalue weighted by atomic mass is 32.2. The smallest absolute Gasteiger partial charge is 0.233 e. The first-order valence-electron chi connectivity index (χ1n) is 10.2. The summed E-state index contributed by atoms with van der Waals surface area (Å²) < 4.78 is 2.19. The lowest BCUT2D eigenvalue weighted by atomic mass is 10.2. The molecule has 8 nitrogen and oxygen atoms in total. The summed E-state index contributed by atoms with van der Waals surface area (Å²) in [5.74, 6) is 2.36. The van der Waals surface area contributed by atoms with E-state index in [4.69, 9.17) is 0 Å². The van der Waals surface area contributed by atoms with E-state index in [0.29, 0.717) is 24.9 Å². The fraction of sp³-hybridized carbons (Fsp3) is 0.381. The molecule has 0 N–H and O–H groups in total. The number of carbonyl (C=O) groups is 1. The lowest BCUT2D eigenvalue weighted by Gasteiger charge is -2.35. The molecule has 0 spiro atoms. The zero-order valence-corrected chi connectivity index (χ0v) is 17.4. The number of hydrogen-bond donors (Lipinski definition) is 0. The van der Waals surface area contributed by atoms with Crippen LogP contribution in [0.25, 0.3) is 11.4 Å². The Morgan fingerprint density at radius 2 is 1.80 bits per heavy atom. The molecule has 0 unspecified atom stereocenters. The number of hydrogen-bond acceptors (Lipinski definition) is 7. The van der Waals surface area contributed by atoms with Gasteiger partial charge in [0, 0.05) is 56.4 Å². The van der Waals surface area contributed by atoms with Crippen LogP contribution in [0.15, 0.2) is 54.1 Å². The van der Waals surface area contributed by atoms with Crippen LogP contribution in [0.4, 0.5) is 5.82 Å². The molecule has 1 aliphatic carbocycles. The van der Waals surface area contributed by atoms with Crippen LogP contribution in [0.2, 0.25) is 0 Å². The minimum atomic E-state index is 0.150. The molecule has 5 rings (SSSR count). The first-order chi connectivity index (χ1) is 14.8. The average Bonchev–Trinajstić information content (AvgIpc) is 3.57. The van der Waals surface area contributed by atoms with Crippen LogP contribution in [-0.4, -0.2) is 67.5 Å². The number of rotatable bonds is 6. The summed E-state index contributed by atoms with van der Waals surface area (Å²) in [5, 5.41) is 9.62. The van der Waals surface area contributed by atoms with Gasteiger partial charge in [0.2, 0.25) is 5.91 Å². The minimum absolute atomic E-state index is 0.150. The van der Waals surface area contributed by atoms with E-state index in [0.717, 1.165) is 48.3 Å². The quantitative estimate of drug-likeness (QED) is 0.566. The second-order valence-corrected chi connectivity index (χ2v) is 8.43. The molecule has 9 heteroatoms. The fourth-order valence-electron chi connectivity index (χ4n) is 3.68. The third kappa shape index (κ3) is 4.02. The molecule has 0 bridgehead atoms. The Balaban J connectivity index is 1.21. The van der Waals surface area contributed by atoms with Gasteiger partial charge in [-0.3, -0.25) is 14.3 Å². The van der Waals surface area contributed by atoms with Crippen LogP contribution in [0.5, 0.6) is 0 Å². The van der Waals surface area contributed by atoms with E-state index in [2.05, 4.69) is 29.6 Å². The van der Waals surface area contributed by atoms with Gasteiger partial charge in [0.1, 0.15) is 5.82 Å². The molecule has 3 aromatic rings. The van der Waals surface area contributed by atoms with Gasteiger partial charge in [0.25, 0.3) is 0 Å². The molecule has 1 aliphatic heterocycles. The maximum absolute atomic E-state index is 12.8. The lowest BCUT2D eigenvalue weighted by Crippen LogP contribution is -2.49. The Kier molecular flexibility index (Phi) is 5.35. The van der Waals surface area contributed by atoms with Crippen molar-refractivity contribution in [2.45, 2.75) is 24.0 Å². The van der Waals surface area contributed by atoms with Crippen LogP contribution in [0, 0.1) is 0 Å². The monoisotopic (exact) mass is 421 g/mol. The van der Waals surface area contributed by atoms with Crippen molar-refractivity contribution in [1.82, 2.24) is 29.6 Å². The standard InChI is InChI=1S/C21H23N7OS/c29-19(27-13-11-26(12-14-27)18-3-1-2-8-23-18)15-30-21-25-24-20(28(21)17-4-5-17)16-6-9-22-10-7-16/h1-3,6-10,17H,4-5,11-15H2. The van der Waals surface area contributed by atoms with Gasteiger partial charge in [0.15, 0.2) is 11.0 Å². The molecule has 154 valence electrons. The molecule has 4 heterocycles. The summed E-state index contributed by atoms with van der Waals surface area (Å²) in [7, 11) is 0. The third-order valence-corrected chi connectivity index (χ3v) is 6.37. The number of thioether (sulfide) groups is 1. The Bertz CT molecular complexity index is 999. The summed E-state index contributed by atoms with van der Waals surface area (Å²) in [6, 6.07) is 10.3. The van der Waals surface area contributed by atoms with Gasteiger partial charge in [-0.25, -0.2) is 4.98 Å². The Morgan fingerprint density at radius 3 is 2.50 bits per heavy atom. The zero-order chi connectivity index (χ0) is 20.3. The molecule has 1 saturated heterocycles. The van der Waals surface area contributed by atoms with Gasteiger partial charge in [-0.2, -0.15) is 0 Å². The number of piperazine rings is 1. The maximum Gasteiger partial charge on any atom is 0.233 e. The van der Waals surface area contributed by atoms with Gasteiger partial charge in [-0.05, 0) is 37.1 Å². The lowest BCUT2D eigenvalue weighted by molar-refractivity contribution is -0.128. The third-order valence-electron chi connectivity index (χ3n) is 5.45. The Morgan fingerprint density at radius 1 is 1.00 bits per heavy atom. The second kappa shape index (κ2) is 8.43. The van der Waals surface area contributed by atoms with Gasteiger partial charge < -0.3 is 9.80 Å². The van der Waals surface area contributed by atoms with Gasteiger partial charge in [-0.1, -0.05) is 17.8 Å². The SMILES string of the molecule is O=C(CSc1nnc(-c2ccncc2)n1C1CC1)N1CCN(c2ccccn2)CC1. The number of aromatic nitrogens is 5. The molecule has 0 radical (unpaired) electrons. The van der Waals surface area contributed by atoms with Crippen molar-refractivity contribution in [3.05, 3.63) is 48.9 Å². The van der Waals surface area contributed by atoms with Crippen molar-refractivity contribution in [3.8, 4) is 11.4 Å². The predicted octanol–water partition coefficient (Wildman–Crippen LogP) is 2.51. The zero-order valence-electron chi connectivity index (χ0n) is 16.6. The minimum Gasteiger partial charge on any atom is -0.353 e. The van der Waals surface area contributed by atoms with Gasteiger partial charge in [0.05, 0.1) is 5.75 Å². The number of anilines is 1. The van der Waals surface area contributed by atoms with Crippen molar-refractivity contribution >= 4 is 23.5 Å². The topological polar surface area (TPSA) is 80.0 Å². The summed E-state index contributed by atoms with van der Waals surface area (Å²) in [4.78, 5) is 25.4. The van der Waals surface area contributed by atoms with Crippen molar-refractivity contribution in [2.24, 2.45) is 0 Å². The van der Waals surface area contributed by atoms with Gasteiger partial charge >= 0.3 is 0 Å². The van der Waals surface area contributed by atoms with E-state index >= 15 is 0 Å². The molecular formula is C21H23N7OS. The highest BCUT2D eigenvalue weighted by molar-refractivity contribution is 7.99. The van der Waals surface area contributed by atoms with E-state index < -0.39 is 0 Å². The summed E-state index contributed by atoms with van der Waals surface area (Å²) >= 11 is 1.49. The van der Waals surface area contributed by atoms with Crippen LogP contribution < -0.4 is 4.90 Å². The maximum atomic E-state index is 12.8. The van der Waals surface area contributed by atoms with E-state index in [1.807, 2.05) is 35.2 Å². The normalized spacial score (nSPS) is 16.7. The second-order valence-electron chi connectivity index (χ2n) is 7.49. The van der Waals surface area contributed by atoms with Crippen LogP contribution in [0.1, 0.15) is 18.9 Å². The average molecular weight is 422 g/mol. The largest absolute Gasteiger partial charge is 0.353 e. The van der Waals surface area contributed by atoms with Crippen molar-refractivity contribution in [3.63, 3.8) is 0 Å². The summed E-state index contributed by atoms with van der Waals surface area (Å²) in [6.07, 6.45) is 7.60. The van der Waals surface area contributed by atoms with Gasteiger partial charge in [-0.15, -0.1) is 10.2 Å². The molecule has 3 aromatic heterocycles. The number of nitrogens with zero attached hydrogens (tertiary/aromatic N) is 7. The highest BCUT2D eigenvalue weighted by Gasteiger charge is 2.31. The molecule has 30 heavy (non-hydrogen) atoms. The molecule has 2 aliphatic rings. The van der Waals surface area contributed by atoms with Crippen LogP contribution in [-0.2, 0) is 4.79 Å². The molecule has 0 aromatic carbocycles. The molecule has 0 atom stereocenters.